The van der Waals surface area contributed by atoms with Crippen LogP contribution in [0.25, 0.3) is 0 Å². The van der Waals surface area contributed by atoms with Crippen LogP contribution in [0.4, 0.5) is 8.78 Å². The molecule has 80 valence electrons. The molecule has 1 aromatic carbocycles. The van der Waals surface area contributed by atoms with Gasteiger partial charge in [0, 0.05) is 0 Å². The van der Waals surface area contributed by atoms with Crippen LogP contribution in [-0.4, -0.2) is 18.9 Å². The van der Waals surface area contributed by atoms with Crippen LogP contribution < -0.4 is 0 Å². The Morgan fingerprint density at radius 3 is 2.67 bits per heavy atom. The monoisotopic (exact) mass is 214 g/mol. The minimum absolute atomic E-state index is 0.0212. The van der Waals surface area contributed by atoms with Gasteiger partial charge in [-0.1, -0.05) is 0 Å². The zero-order valence-electron chi connectivity index (χ0n) is 7.92. The summed E-state index contributed by atoms with van der Waals surface area (Å²) in [5.41, 5.74) is -1.21. The largest absolute Gasteiger partial charge is 0.462 e. The van der Waals surface area contributed by atoms with Crippen molar-refractivity contribution in [3.63, 3.8) is 0 Å². The molecule has 1 aromatic rings. The molecule has 0 heterocycles. The summed E-state index contributed by atoms with van der Waals surface area (Å²) in [5, 5.41) is 0. The summed E-state index contributed by atoms with van der Waals surface area (Å²) in [6, 6.07) is 1.79. The lowest BCUT2D eigenvalue weighted by Crippen LogP contribution is -2.09. The normalized spacial score (nSPS) is 9.80. The number of hydrogen-bond acceptors (Lipinski definition) is 3. The van der Waals surface area contributed by atoms with E-state index in [9.17, 15) is 18.4 Å². The third-order valence-corrected chi connectivity index (χ3v) is 1.74. The molecule has 0 radical (unpaired) electrons. The Morgan fingerprint density at radius 1 is 1.47 bits per heavy atom. The summed E-state index contributed by atoms with van der Waals surface area (Å²) < 4.78 is 30.7. The van der Waals surface area contributed by atoms with Crippen LogP contribution in [0.15, 0.2) is 12.1 Å². The molecule has 0 bridgehead atoms. The number of hydrogen-bond donors (Lipinski definition) is 0. The highest BCUT2D eigenvalue weighted by Crippen LogP contribution is 2.16. The molecule has 0 N–H and O–H groups in total. The number of ether oxygens (including phenoxy) is 1. The molecule has 0 amide bonds. The first-order valence-electron chi connectivity index (χ1n) is 4.22. The molecular formula is C10H8F2O3. The van der Waals surface area contributed by atoms with E-state index in [1.54, 1.807) is 6.92 Å². The standard InChI is InChI=1S/C10H8F2O3/c1-2-15-10(14)6-3-4-8(11)7(5-13)9(6)12/h3-5H,2H2,1H3. The van der Waals surface area contributed by atoms with Crippen LogP contribution in [0.1, 0.15) is 27.6 Å². The van der Waals surface area contributed by atoms with Gasteiger partial charge in [-0.3, -0.25) is 4.79 Å². The first kappa shape index (κ1) is 11.3. The van der Waals surface area contributed by atoms with Gasteiger partial charge in [0.2, 0.25) is 0 Å². The number of esters is 1. The second-order valence-electron chi connectivity index (χ2n) is 2.66. The summed E-state index contributed by atoms with van der Waals surface area (Å²) in [4.78, 5) is 21.5. The molecule has 1 rings (SSSR count). The molecule has 0 spiro atoms. The van der Waals surface area contributed by atoms with Gasteiger partial charge in [0.1, 0.15) is 5.82 Å². The second-order valence-corrected chi connectivity index (χ2v) is 2.66. The third-order valence-electron chi connectivity index (χ3n) is 1.74. The van der Waals surface area contributed by atoms with E-state index in [1.165, 1.54) is 0 Å². The highest BCUT2D eigenvalue weighted by atomic mass is 19.1. The molecule has 0 aliphatic carbocycles. The van der Waals surface area contributed by atoms with E-state index in [1.807, 2.05) is 0 Å². The molecular weight excluding hydrogens is 206 g/mol. The van der Waals surface area contributed by atoms with Crippen molar-refractivity contribution in [1.82, 2.24) is 0 Å². The van der Waals surface area contributed by atoms with E-state index in [2.05, 4.69) is 4.74 Å². The fourth-order valence-electron chi connectivity index (χ4n) is 1.04. The zero-order valence-corrected chi connectivity index (χ0v) is 7.92. The van der Waals surface area contributed by atoms with E-state index in [0.29, 0.717) is 0 Å². The van der Waals surface area contributed by atoms with Gasteiger partial charge in [-0.25, -0.2) is 13.6 Å². The molecule has 15 heavy (non-hydrogen) atoms. The predicted molar refractivity (Wildman–Crippen MR) is 47.7 cm³/mol. The minimum Gasteiger partial charge on any atom is -0.462 e. The maximum atomic E-state index is 13.3. The minimum atomic E-state index is -1.19. The maximum absolute atomic E-state index is 13.3. The summed E-state index contributed by atoms with van der Waals surface area (Å²) in [7, 11) is 0. The Morgan fingerprint density at radius 2 is 2.13 bits per heavy atom. The SMILES string of the molecule is CCOC(=O)c1ccc(F)c(C=O)c1F. The predicted octanol–water partition coefficient (Wildman–Crippen LogP) is 1.95. The topological polar surface area (TPSA) is 43.4 Å². The van der Waals surface area contributed by atoms with Crippen LogP contribution >= 0.6 is 0 Å². The molecule has 0 saturated heterocycles. The van der Waals surface area contributed by atoms with Crippen molar-refractivity contribution in [3.8, 4) is 0 Å². The number of carbonyl (C=O) groups is 2. The van der Waals surface area contributed by atoms with Crippen molar-refractivity contribution in [2.45, 2.75) is 6.92 Å². The second kappa shape index (κ2) is 4.63. The van der Waals surface area contributed by atoms with Crippen molar-refractivity contribution in [2.24, 2.45) is 0 Å². The lowest BCUT2D eigenvalue weighted by atomic mass is 10.1. The van der Waals surface area contributed by atoms with Gasteiger partial charge in [-0.2, -0.15) is 0 Å². The van der Waals surface area contributed by atoms with Crippen LogP contribution in [0.3, 0.4) is 0 Å². The Kier molecular flexibility index (Phi) is 3.49. The first-order valence-corrected chi connectivity index (χ1v) is 4.22. The zero-order chi connectivity index (χ0) is 11.4. The Hall–Kier alpha value is -1.78. The van der Waals surface area contributed by atoms with Crippen molar-refractivity contribution in [3.05, 3.63) is 34.9 Å². The summed E-state index contributed by atoms with van der Waals surface area (Å²) in [6.07, 6.45) is 0.0212. The molecule has 0 saturated carbocycles. The van der Waals surface area contributed by atoms with Crippen molar-refractivity contribution < 1.29 is 23.1 Å². The summed E-state index contributed by atoms with van der Waals surface area (Å²) in [5.74, 6) is -3.11. The highest BCUT2D eigenvalue weighted by Gasteiger charge is 2.18. The van der Waals surface area contributed by atoms with Crippen LogP contribution in [-0.2, 0) is 4.74 Å². The van der Waals surface area contributed by atoms with Crippen LogP contribution in [0.5, 0.6) is 0 Å². The van der Waals surface area contributed by atoms with E-state index >= 15 is 0 Å². The molecule has 3 nitrogen and oxygen atoms in total. The first-order chi connectivity index (χ1) is 7.11. The molecule has 0 aromatic heterocycles. The summed E-state index contributed by atoms with van der Waals surface area (Å²) in [6.45, 7) is 1.63. The number of carbonyl (C=O) groups excluding carboxylic acids is 2. The van der Waals surface area contributed by atoms with Crippen LogP contribution in [0, 0.1) is 11.6 Å². The number of rotatable bonds is 3. The smallest absolute Gasteiger partial charge is 0.341 e. The Balaban J connectivity index is 3.21. The van der Waals surface area contributed by atoms with Gasteiger partial charge in [0.15, 0.2) is 12.1 Å². The van der Waals surface area contributed by atoms with Gasteiger partial charge in [-0.05, 0) is 19.1 Å². The van der Waals surface area contributed by atoms with Gasteiger partial charge >= 0.3 is 5.97 Å². The van der Waals surface area contributed by atoms with E-state index in [0.717, 1.165) is 12.1 Å². The van der Waals surface area contributed by atoms with Gasteiger partial charge in [0.25, 0.3) is 0 Å². The van der Waals surface area contributed by atoms with Gasteiger partial charge in [-0.15, -0.1) is 0 Å². The van der Waals surface area contributed by atoms with Crippen molar-refractivity contribution >= 4 is 12.3 Å². The maximum Gasteiger partial charge on any atom is 0.341 e. The molecule has 0 aliphatic rings. The summed E-state index contributed by atoms with van der Waals surface area (Å²) >= 11 is 0. The van der Waals surface area contributed by atoms with E-state index < -0.39 is 28.7 Å². The fourth-order valence-corrected chi connectivity index (χ4v) is 1.04. The Labute approximate surface area is 84.7 Å². The third kappa shape index (κ3) is 2.18. The quantitative estimate of drug-likeness (QED) is 0.570. The van der Waals surface area contributed by atoms with E-state index in [4.69, 9.17) is 0 Å². The fraction of sp³-hybridized carbons (Fsp3) is 0.200. The molecule has 5 heteroatoms. The number of benzene rings is 1. The Bertz CT molecular complexity index is 402. The van der Waals surface area contributed by atoms with Gasteiger partial charge in [0.05, 0.1) is 17.7 Å². The van der Waals surface area contributed by atoms with Gasteiger partial charge < -0.3 is 4.74 Å². The number of halogens is 2. The molecule has 0 aliphatic heterocycles. The average molecular weight is 214 g/mol. The van der Waals surface area contributed by atoms with E-state index in [-0.39, 0.29) is 12.9 Å². The highest BCUT2D eigenvalue weighted by molar-refractivity contribution is 5.92. The van der Waals surface area contributed by atoms with Crippen molar-refractivity contribution in [2.75, 3.05) is 6.61 Å². The lowest BCUT2D eigenvalue weighted by Gasteiger charge is -2.04. The molecule has 0 atom stereocenters. The molecule has 0 unspecified atom stereocenters. The average Bonchev–Trinajstić information content (AvgIpc) is 2.18. The van der Waals surface area contributed by atoms with Crippen molar-refractivity contribution in [1.29, 1.82) is 0 Å². The number of aldehydes is 1. The molecule has 0 fully saturated rings. The van der Waals surface area contributed by atoms with Crippen LogP contribution in [0.2, 0.25) is 0 Å². The lowest BCUT2D eigenvalue weighted by molar-refractivity contribution is 0.0521.